The molecule has 122 valence electrons. The van der Waals surface area contributed by atoms with Gasteiger partial charge in [-0.3, -0.25) is 4.79 Å². The van der Waals surface area contributed by atoms with E-state index in [4.69, 9.17) is 16.0 Å². The van der Waals surface area contributed by atoms with Crippen molar-refractivity contribution in [1.29, 1.82) is 0 Å². The Morgan fingerprint density at radius 1 is 1.17 bits per heavy atom. The number of amides is 1. The lowest BCUT2D eigenvalue weighted by molar-refractivity contribution is 0.0942. The van der Waals surface area contributed by atoms with E-state index in [0.29, 0.717) is 23.1 Å². The van der Waals surface area contributed by atoms with Gasteiger partial charge in [-0.05, 0) is 48.9 Å². The Kier molecular flexibility index (Phi) is 4.77. The van der Waals surface area contributed by atoms with Crippen LogP contribution in [0.1, 0.15) is 21.8 Å². The van der Waals surface area contributed by atoms with E-state index in [-0.39, 0.29) is 11.6 Å². The van der Waals surface area contributed by atoms with Crippen LogP contribution in [0.25, 0.3) is 0 Å². The van der Waals surface area contributed by atoms with Gasteiger partial charge in [0, 0.05) is 10.7 Å². The number of benzene rings is 1. The van der Waals surface area contributed by atoms with Crippen LogP contribution in [0.15, 0.2) is 53.1 Å². The first kappa shape index (κ1) is 16.0. The third-order valence-electron chi connectivity index (χ3n) is 3.43. The second-order valence-corrected chi connectivity index (χ2v) is 5.51. The minimum Gasteiger partial charge on any atom is -0.467 e. The van der Waals surface area contributed by atoms with Crippen LogP contribution in [0.5, 0.6) is 0 Å². The zero-order valence-corrected chi connectivity index (χ0v) is 13.7. The molecule has 2 heterocycles. The highest BCUT2D eigenvalue weighted by molar-refractivity contribution is 6.31. The Balaban J connectivity index is 1.64. The summed E-state index contributed by atoms with van der Waals surface area (Å²) < 4.78 is 5.15. The number of anilines is 2. The number of hydrogen-bond donors (Lipinski definition) is 2. The zero-order valence-electron chi connectivity index (χ0n) is 12.9. The predicted octanol–water partition coefficient (Wildman–Crippen LogP) is 3.71. The SMILES string of the molecule is Cc1c(Cl)cccc1Nc1ccc(C(=O)NCc2ccco2)nn1. The van der Waals surface area contributed by atoms with Crippen molar-refractivity contribution in [2.75, 3.05) is 5.32 Å². The molecular weight excluding hydrogens is 328 g/mol. The summed E-state index contributed by atoms with van der Waals surface area (Å²) in [4.78, 5) is 12.0. The molecule has 0 atom stereocenters. The van der Waals surface area contributed by atoms with E-state index < -0.39 is 0 Å². The van der Waals surface area contributed by atoms with Gasteiger partial charge in [-0.1, -0.05) is 17.7 Å². The number of furan rings is 1. The van der Waals surface area contributed by atoms with Crippen molar-refractivity contribution in [2.45, 2.75) is 13.5 Å². The van der Waals surface area contributed by atoms with Crippen LogP contribution in [-0.2, 0) is 6.54 Å². The van der Waals surface area contributed by atoms with Gasteiger partial charge in [-0.25, -0.2) is 0 Å². The Morgan fingerprint density at radius 3 is 2.75 bits per heavy atom. The molecule has 24 heavy (non-hydrogen) atoms. The molecule has 1 amide bonds. The molecule has 3 rings (SSSR count). The molecule has 0 spiro atoms. The van der Waals surface area contributed by atoms with E-state index in [1.165, 1.54) is 0 Å². The molecule has 0 aliphatic rings. The van der Waals surface area contributed by atoms with Crippen molar-refractivity contribution in [2.24, 2.45) is 0 Å². The molecule has 6 nitrogen and oxygen atoms in total. The Bertz CT molecular complexity index is 832. The molecule has 2 aromatic heterocycles. The van der Waals surface area contributed by atoms with E-state index in [9.17, 15) is 4.79 Å². The molecule has 1 aromatic carbocycles. The Labute approximate surface area is 143 Å². The largest absolute Gasteiger partial charge is 0.467 e. The van der Waals surface area contributed by atoms with Crippen LogP contribution >= 0.6 is 11.6 Å². The summed E-state index contributed by atoms with van der Waals surface area (Å²) in [6, 6.07) is 12.4. The highest BCUT2D eigenvalue weighted by Crippen LogP contribution is 2.25. The average Bonchev–Trinajstić information content (AvgIpc) is 3.11. The fourth-order valence-corrected chi connectivity index (χ4v) is 2.25. The van der Waals surface area contributed by atoms with Crippen molar-refractivity contribution >= 4 is 29.0 Å². The molecule has 7 heteroatoms. The van der Waals surface area contributed by atoms with Crippen LogP contribution in [0, 0.1) is 6.92 Å². The molecule has 0 fully saturated rings. The maximum atomic E-state index is 12.0. The van der Waals surface area contributed by atoms with Gasteiger partial charge < -0.3 is 15.1 Å². The molecule has 0 unspecified atom stereocenters. The minimum atomic E-state index is -0.315. The van der Waals surface area contributed by atoms with Gasteiger partial charge in [0.25, 0.3) is 5.91 Å². The van der Waals surface area contributed by atoms with Crippen molar-refractivity contribution in [1.82, 2.24) is 15.5 Å². The third kappa shape index (κ3) is 3.72. The van der Waals surface area contributed by atoms with Gasteiger partial charge in [-0.2, -0.15) is 0 Å². The molecule has 0 saturated heterocycles. The average molecular weight is 343 g/mol. The summed E-state index contributed by atoms with van der Waals surface area (Å²) in [6.45, 7) is 2.21. The predicted molar refractivity (Wildman–Crippen MR) is 91.4 cm³/mol. The number of aromatic nitrogens is 2. The minimum absolute atomic E-state index is 0.231. The van der Waals surface area contributed by atoms with Crippen molar-refractivity contribution in [3.8, 4) is 0 Å². The fraction of sp³-hybridized carbons (Fsp3) is 0.118. The monoisotopic (exact) mass is 342 g/mol. The van der Waals surface area contributed by atoms with Gasteiger partial charge >= 0.3 is 0 Å². The second-order valence-electron chi connectivity index (χ2n) is 5.10. The topological polar surface area (TPSA) is 80.0 Å². The number of hydrogen-bond acceptors (Lipinski definition) is 5. The van der Waals surface area contributed by atoms with E-state index in [1.54, 1.807) is 30.5 Å². The highest BCUT2D eigenvalue weighted by Gasteiger charge is 2.09. The molecule has 2 N–H and O–H groups in total. The lowest BCUT2D eigenvalue weighted by Crippen LogP contribution is -2.23. The highest BCUT2D eigenvalue weighted by atomic mass is 35.5. The molecule has 0 saturated carbocycles. The number of rotatable bonds is 5. The number of nitrogens with one attached hydrogen (secondary N) is 2. The Morgan fingerprint density at radius 2 is 2.04 bits per heavy atom. The first-order chi connectivity index (χ1) is 11.6. The smallest absolute Gasteiger partial charge is 0.272 e. The number of halogens is 1. The molecule has 0 radical (unpaired) electrons. The lowest BCUT2D eigenvalue weighted by Gasteiger charge is -2.09. The first-order valence-electron chi connectivity index (χ1n) is 7.30. The maximum Gasteiger partial charge on any atom is 0.272 e. The van der Waals surface area contributed by atoms with Gasteiger partial charge in [0.05, 0.1) is 12.8 Å². The number of carbonyl (C=O) groups is 1. The van der Waals surface area contributed by atoms with Crippen LogP contribution in [-0.4, -0.2) is 16.1 Å². The van der Waals surface area contributed by atoms with E-state index in [0.717, 1.165) is 11.3 Å². The van der Waals surface area contributed by atoms with Crippen LogP contribution in [0.4, 0.5) is 11.5 Å². The molecular formula is C17H15ClN4O2. The van der Waals surface area contributed by atoms with Crippen molar-refractivity contribution < 1.29 is 9.21 Å². The molecule has 0 aliphatic carbocycles. The number of nitrogens with zero attached hydrogens (tertiary/aromatic N) is 2. The summed E-state index contributed by atoms with van der Waals surface area (Å²) >= 11 is 6.09. The van der Waals surface area contributed by atoms with Crippen molar-refractivity contribution in [3.05, 3.63) is 70.8 Å². The normalized spacial score (nSPS) is 10.4. The molecule has 3 aromatic rings. The van der Waals surface area contributed by atoms with Crippen molar-refractivity contribution in [3.63, 3.8) is 0 Å². The summed E-state index contributed by atoms with van der Waals surface area (Å²) in [6.07, 6.45) is 1.56. The van der Waals surface area contributed by atoms with Crippen LogP contribution < -0.4 is 10.6 Å². The molecule has 0 aliphatic heterocycles. The summed E-state index contributed by atoms with van der Waals surface area (Å²) in [5.74, 6) is 0.887. The van der Waals surface area contributed by atoms with E-state index in [2.05, 4.69) is 20.8 Å². The zero-order chi connectivity index (χ0) is 16.9. The lowest BCUT2D eigenvalue weighted by atomic mass is 10.2. The quantitative estimate of drug-likeness (QED) is 0.739. The van der Waals surface area contributed by atoms with Gasteiger partial charge in [0.1, 0.15) is 5.76 Å². The standard InChI is InChI=1S/C17H15ClN4O2/c1-11-13(18)5-2-6-14(11)20-16-8-7-15(21-22-16)17(23)19-10-12-4-3-9-24-12/h2-9H,10H2,1H3,(H,19,23)(H,20,22). The van der Waals surface area contributed by atoms with Gasteiger partial charge in [-0.15, -0.1) is 10.2 Å². The van der Waals surface area contributed by atoms with E-state index >= 15 is 0 Å². The maximum absolute atomic E-state index is 12.0. The van der Waals surface area contributed by atoms with E-state index in [1.807, 2.05) is 25.1 Å². The molecule has 0 bridgehead atoms. The first-order valence-corrected chi connectivity index (χ1v) is 7.68. The Hall–Kier alpha value is -2.86. The number of carbonyl (C=O) groups excluding carboxylic acids is 1. The third-order valence-corrected chi connectivity index (χ3v) is 3.84. The van der Waals surface area contributed by atoms with Gasteiger partial charge in [0.2, 0.25) is 0 Å². The van der Waals surface area contributed by atoms with Gasteiger partial charge in [0.15, 0.2) is 11.5 Å². The summed E-state index contributed by atoms with van der Waals surface area (Å²) in [5, 5.41) is 14.5. The fourth-order valence-electron chi connectivity index (χ4n) is 2.07. The van der Waals surface area contributed by atoms with Crippen LogP contribution in [0.2, 0.25) is 5.02 Å². The van der Waals surface area contributed by atoms with Crippen LogP contribution in [0.3, 0.4) is 0 Å². The summed E-state index contributed by atoms with van der Waals surface area (Å²) in [7, 11) is 0. The summed E-state index contributed by atoms with van der Waals surface area (Å²) in [5.41, 5.74) is 1.99. The second kappa shape index (κ2) is 7.14.